The highest BCUT2D eigenvalue weighted by atomic mass is 16.2. The summed E-state index contributed by atoms with van der Waals surface area (Å²) < 4.78 is 1.50. The maximum atomic E-state index is 12.3. The number of tetrazole rings is 1. The number of amides is 2. The lowest BCUT2D eigenvalue weighted by Gasteiger charge is -2.34. The van der Waals surface area contributed by atoms with Crippen LogP contribution in [0, 0.1) is 6.92 Å². The average molecular weight is 314 g/mol. The molecular weight excluding hydrogens is 296 g/mol. The number of rotatable bonds is 4. The van der Waals surface area contributed by atoms with Gasteiger partial charge in [-0.1, -0.05) is 17.7 Å². The SMILES string of the molecule is Cc1ccc(N2CCN(C(=O)CCn3cnnn3)CC2=O)cc1. The molecule has 0 atom stereocenters. The quantitative estimate of drug-likeness (QED) is 0.807. The summed E-state index contributed by atoms with van der Waals surface area (Å²) in [7, 11) is 0. The van der Waals surface area contributed by atoms with Crippen LogP contribution in [0.3, 0.4) is 0 Å². The summed E-state index contributed by atoms with van der Waals surface area (Å²) in [5, 5.41) is 10.8. The van der Waals surface area contributed by atoms with Crippen molar-refractivity contribution in [2.75, 3.05) is 24.5 Å². The molecule has 120 valence electrons. The number of aryl methyl sites for hydroxylation is 2. The number of benzene rings is 1. The van der Waals surface area contributed by atoms with Crippen molar-refractivity contribution < 1.29 is 9.59 Å². The van der Waals surface area contributed by atoms with Gasteiger partial charge in [-0.15, -0.1) is 5.10 Å². The number of carbonyl (C=O) groups is 2. The van der Waals surface area contributed by atoms with Crippen LogP contribution in [-0.4, -0.2) is 56.6 Å². The van der Waals surface area contributed by atoms with Crippen LogP contribution in [0.25, 0.3) is 0 Å². The second-order valence-electron chi connectivity index (χ2n) is 5.52. The number of aromatic nitrogens is 4. The molecule has 0 unspecified atom stereocenters. The summed E-state index contributed by atoms with van der Waals surface area (Å²) >= 11 is 0. The molecule has 1 aliphatic rings. The number of nitrogens with zero attached hydrogens (tertiary/aromatic N) is 6. The van der Waals surface area contributed by atoms with Crippen molar-refractivity contribution in [1.82, 2.24) is 25.1 Å². The first-order chi connectivity index (χ1) is 11.1. The van der Waals surface area contributed by atoms with Gasteiger partial charge in [0.25, 0.3) is 0 Å². The van der Waals surface area contributed by atoms with Crippen molar-refractivity contribution in [3.63, 3.8) is 0 Å². The Balaban J connectivity index is 1.56. The Kier molecular flexibility index (Phi) is 4.31. The highest BCUT2D eigenvalue weighted by Gasteiger charge is 2.27. The normalized spacial score (nSPS) is 15.1. The molecule has 0 N–H and O–H groups in total. The van der Waals surface area contributed by atoms with Gasteiger partial charge < -0.3 is 9.80 Å². The van der Waals surface area contributed by atoms with Crippen molar-refractivity contribution >= 4 is 17.5 Å². The van der Waals surface area contributed by atoms with Gasteiger partial charge in [0, 0.05) is 25.2 Å². The summed E-state index contributed by atoms with van der Waals surface area (Å²) in [6.45, 7) is 3.58. The third-order valence-corrected chi connectivity index (χ3v) is 3.87. The molecule has 1 fully saturated rings. The first-order valence-electron chi connectivity index (χ1n) is 7.49. The standard InChI is InChI=1S/C15H18N6O2/c1-12-2-4-13(5-3-12)21-9-8-19(10-15(21)23)14(22)6-7-20-11-16-17-18-20/h2-5,11H,6-10H2,1H3. The van der Waals surface area contributed by atoms with E-state index < -0.39 is 0 Å². The second-order valence-corrected chi connectivity index (χ2v) is 5.52. The smallest absolute Gasteiger partial charge is 0.246 e. The van der Waals surface area contributed by atoms with E-state index in [0.717, 1.165) is 11.3 Å². The van der Waals surface area contributed by atoms with Crippen LogP contribution < -0.4 is 4.90 Å². The summed E-state index contributed by atoms with van der Waals surface area (Å²) in [6, 6.07) is 7.82. The lowest BCUT2D eigenvalue weighted by atomic mass is 10.2. The lowest BCUT2D eigenvalue weighted by Crippen LogP contribution is -2.52. The molecule has 0 aliphatic carbocycles. The van der Waals surface area contributed by atoms with E-state index >= 15 is 0 Å². The van der Waals surface area contributed by atoms with E-state index in [1.54, 1.807) is 9.80 Å². The predicted molar refractivity (Wildman–Crippen MR) is 82.5 cm³/mol. The largest absolute Gasteiger partial charge is 0.332 e. The van der Waals surface area contributed by atoms with Gasteiger partial charge in [-0.05, 0) is 29.5 Å². The summed E-state index contributed by atoms with van der Waals surface area (Å²) in [4.78, 5) is 27.8. The number of carbonyl (C=O) groups excluding carboxylic acids is 2. The van der Waals surface area contributed by atoms with E-state index in [1.165, 1.54) is 11.0 Å². The maximum Gasteiger partial charge on any atom is 0.246 e. The first kappa shape index (κ1) is 15.1. The van der Waals surface area contributed by atoms with Gasteiger partial charge in [-0.25, -0.2) is 4.68 Å². The van der Waals surface area contributed by atoms with Crippen molar-refractivity contribution in [1.29, 1.82) is 0 Å². The highest BCUT2D eigenvalue weighted by Crippen LogP contribution is 2.18. The Labute approximate surface area is 133 Å². The average Bonchev–Trinajstić information content (AvgIpc) is 3.07. The number of hydrogen-bond donors (Lipinski definition) is 0. The summed E-state index contributed by atoms with van der Waals surface area (Å²) in [6.07, 6.45) is 1.75. The minimum absolute atomic E-state index is 0.0580. The van der Waals surface area contributed by atoms with Gasteiger partial charge >= 0.3 is 0 Å². The fraction of sp³-hybridized carbons (Fsp3) is 0.400. The lowest BCUT2D eigenvalue weighted by molar-refractivity contribution is -0.137. The van der Waals surface area contributed by atoms with Crippen LogP contribution in [0.15, 0.2) is 30.6 Å². The van der Waals surface area contributed by atoms with Gasteiger partial charge in [-0.3, -0.25) is 9.59 Å². The summed E-state index contributed by atoms with van der Waals surface area (Å²) in [5.41, 5.74) is 2.03. The number of piperazine rings is 1. The highest BCUT2D eigenvalue weighted by molar-refractivity contribution is 5.97. The van der Waals surface area contributed by atoms with E-state index in [0.29, 0.717) is 19.6 Å². The molecule has 1 aromatic heterocycles. The van der Waals surface area contributed by atoms with E-state index in [1.807, 2.05) is 31.2 Å². The van der Waals surface area contributed by atoms with Gasteiger partial charge in [0.2, 0.25) is 11.8 Å². The molecule has 0 bridgehead atoms. The topological polar surface area (TPSA) is 84.2 Å². The predicted octanol–water partition coefficient (Wildman–Crippen LogP) is 0.247. The Morgan fingerprint density at radius 2 is 2.00 bits per heavy atom. The van der Waals surface area contributed by atoms with Gasteiger partial charge in [0.15, 0.2) is 0 Å². The molecule has 23 heavy (non-hydrogen) atoms. The maximum absolute atomic E-state index is 12.3. The van der Waals surface area contributed by atoms with E-state index in [2.05, 4.69) is 15.5 Å². The fourth-order valence-corrected chi connectivity index (χ4v) is 2.53. The number of anilines is 1. The molecule has 1 saturated heterocycles. The molecule has 0 radical (unpaired) electrons. The van der Waals surface area contributed by atoms with Gasteiger partial charge in [0.05, 0.1) is 6.54 Å². The molecule has 0 saturated carbocycles. The van der Waals surface area contributed by atoms with Crippen molar-refractivity contribution in [3.8, 4) is 0 Å². The van der Waals surface area contributed by atoms with Gasteiger partial charge in [-0.2, -0.15) is 0 Å². The molecule has 0 spiro atoms. The Morgan fingerprint density at radius 1 is 1.22 bits per heavy atom. The number of hydrogen-bond acceptors (Lipinski definition) is 5. The second kappa shape index (κ2) is 6.55. The van der Waals surface area contributed by atoms with Crippen LogP contribution in [0.5, 0.6) is 0 Å². The monoisotopic (exact) mass is 314 g/mol. The molecule has 8 nitrogen and oxygen atoms in total. The molecule has 8 heteroatoms. The van der Waals surface area contributed by atoms with E-state index in [-0.39, 0.29) is 24.8 Å². The van der Waals surface area contributed by atoms with Crippen molar-refractivity contribution in [2.45, 2.75) is 19.9 Å². The Morgan fingerprint density at radius 3 is 2.65 bits per heavy atom. The first-order valence-corrected chi connectivity index (χ1v) is 7.49. The molecule has 2 aromatic rings. The zero-order valence-corrected chi connectivity index (χ0v) is 12.9. The van der Waals surface area contributed by atoms with E-state index in [9.17, 15) is 9.59 Å². The van der Waals surface area contributed by atoms with Crippen molar-refractivity contribution in [2.24, 2.45) is 0 Å². The third kappa shape index (κ3) is 3.53. The molecule has 1 aliphatic heterocycles. The zero-order valence-electron chi connectivity index (χ0n) is 12.9. The Bertz CT molecular complexity index is 683. The summed E-state index contributed by atoms with van der Waals surface area (Å²) in [5.74, 6) is -0.117. The van der Waals surface area contributed by atoms with Gasteiger partial charge in [0.1, 0.15) is 12.9 Å². The van der Waals surface area contributed by atoms with Crippen LogP contribution in [0.4, 0.5) is 5.69 Å². The van der Waals surface area contributed by atoms with Crippen LogP contribution in [0.2, 0.25) is 0 Å². The van der Waals surface area contributed by atoms with Crippen molar-refractivity contribution in [3.05, 3.63) is 36.2 Å². The fourth-order valence-electron chi connectivity index (χ4n) is 2.53. The molecule has 2 heterocycles. The molecule has 2 amide bonds. The zero-order chi connectivity index (χ0) is 16.2. The van der Waals surface area contributed by atoms with E-state index in [4.69, 9.17) is 0 Å². The molecule has 1 aromatic carbocycles. The molecular formula is C15H18N6O2. The molecule has 3 rings (SSSR count). The minimum atomic E-state index is -0.0594. The minimum Gasteiger partial charge on any atom is -0.332 e. The Hall–Kier alpha value is -2.77. The van der Waals surface area contributed by atoms with Crippen LogP contribution in [-0.2, 0) is 16.1 Å². The van der Waals surface area contributed by atoms with Crippen LogP contribution in [0.1, 0.15) is 12.0 Å². The third-order valence-electron chi connectivity index (χ3n) is 3.87. The van der Waals surface area contributed by atoms with Crippen LogP contribution >= 0.6 is 0 Å².